The molecule has 0 bridgehead atoms. The molecule has 0 saturated heterocycles. The van der Waals surface area contributed by atoms with E-state index in [1.807, 2.05) is 6.07 Å². The number of anilines is 1. The Labute approximate surface area is 277 Å². The number of rotatable bonds is 6. The summed E-state index contributed by atoms with van der Waals surface area (Å²) >= 11 is 0. The van der Waals surface area contributed by atoms with Gasteiger partial charge in [0.15, 0.2) is 5.69 Å². The lowest BCUT2D eigenvalue weighted by atomic mass is 9.90. The highest BCUT2D eigenvalue weighted by Crippen LogP contribution is 2.44. The van der Waals surface area contributed by atoms with Crippen LogP contribution >= 0.6 is 0 Å². The van der Waals surface area contributed by atoms with Gasteiger partial charge in [0, 0.05) is 18.2 Å². The number of alkyl carbamates (subject to hydrolysis) is 1. The first-order valence-corrected chi connectivity index (χ1v) is 15.0. The fourth-order valence-corrected chi connectivity index (χ4v) is 5.17. The van der Waals surface area contributed by atoms with Crippen molar-refractivity contribution in [1.82, 2.24) is 25.3 Å². The van der Waals surface area contributed by atoms with Crippen LogP contribution in [-0.4, -0.2) is 43.6 Å². The van der Waals surface area contributed by atoms with Crippen LogP contribution in [0.5, 0.6) is 0 Å². The van der Waals surface area contributed by atoms with Crippen molar-refractivity contribution in [3.63, 3.8) is 0 Å². The Bertz CT molecular complexity index is 1940. The summed E-state index contributed by atoms with van der Waals surface area (Å²) in [6, 6.07) is 9.51. The highest BCUT2D eigenvalue weighted by atomic mass is 19.4. The van der Waals surface area contributed by atoms with E-state index in [0.717, 1.165) is 34.8 Å². The average molecular weight is 686 g/mol. The van der Waals surface area contributed by atoms with Crippen LogP contribution in [-0.2, 0) is 33.3 Å². The Hall–Kier alpha value is -5.33. The fraction of sp³-hybridized carbons (Fsp3) is 0.394. The van der Waals surface area contributed by atoms with Gasteiger partial charge in [0.1, 0.15) is 28.5 Å². The minimum Gasteiger partial charge on any atom is -0.444 e. The largest absolute Gasteiger partial charge is 0.444 e. The van der Waals surface area contributed by atoms with Gasteiger partial charge in [-0.1, -0.05) is 12.1 Å². The molecular formula is C33H32F5N7O4. The second-order valence-electron chi connectivity index (χ2n) is 13.3. The molecule has 49 heavy (non-hydrogen) atoms. The number of ether oxygens (including phenoxy) is 1. The first-order chi connectivity index (χ1) is 22.7. The number of amides is 2. The molecule has 258 valence electrons. The zero-order valence-electron chi connectivity index (χ0n) is 27.3. The quantitative estimate of drug-likeness (QED) is 0.217. The lowest BCUT2D eigenvalue weighted by molar-refractivity contribution is -0.141. The van der Waals surface area contributed by atoms with E-state index in [0.29, 0.717) is 11.3 Å². The van der Waals surface area contributed by atoms with Gasteiger partial charge in [-0.2, -0.15) is 23.5 Å². The normalized spacial score (nSPS) is 18.4. The van der Waals surface area contributed by atoms with Crippen LogP contribution in [0.2, 0.25) is 0 Å². The number of alkyl halides is 4. The van der Waals surface area contributed by atoms with E-state index in [4.69, 9.17) is 9.15 Å². The van der Waals surface area contributed by atoms with E-state index < -0.39 is 58.8 Å². The number of aromatic nitrogens is 4. The molecule has 0 saturated carbocycles. The third-order valence-corrected chi connectivity index (χ3v) is 7.67. The number of hydrogen-bond donors (Lipinski definition) is 1. The lowest BCUT2D eigenvalue weighted by Crippen LogP contribution is -2.50. The summed E-state index contributed by atoms with van der Waals surface area (Å²) < 4.78 is 83.5. The Balaban J connectivity index is 1.58. The van der Waals surface area contributed by atoms with Crippen molar-refractivity contribution >= 4 is 17.7 Å². The van der Waals surface area contributed by atoms with Crippen molar-refractivity contribution in [2.45, 2.75) is 83.4 Å². The predicted octanol–water partition coefficient (Wildman–Crippen LogP) is 6.90. The van der Waals surface area contributed by atoms with Crippen LogP contribution in [0.1, 0.15) is 70.7 Å². The zero-order chi connectivity index (χ0) is 36.1. The summed E-state index contributed by atoms with van der Waals surface area (Å²) in [5.41, 5.74) is -5.37. The summed E-state index contributed by atoms with van der Waals surface area (Å²) in [4.78, 5) is 28.1. The second kappa shape index (κ2) is 12.3. The van der Waals surface area contributed by atoms with Crippen LogP contribution < -0.4 is 10.2 Å². The standard InChI is InChI=1S/C33H32F5N7O4/c1-30(2,3)49-29(47)40-23-15-32(6,35)21-14-22(34)20(26-41-42-28(48-26)31(4,5)17-39)13-24(21)44(27(23)46)16-18-7-9-19(10-8-18)45-12-11-25(43-45)33(36,37)38/h7-14,23H,15-16H2,1-6H3,(H,40,47). The Morgan fingerprint density at radius 3 is 2.39 bits per heavy atom. The maximum atomic E-state index is 16.6. The van der Waals surface area contributed by atoms with Gasteiger partial charge in [0.25, 0.3) is 5.89 Å². The van der Waals surface area contributed by atoms with Crippen molar-refractivity contribution < 1.29 is 40.7 Å². The van der Waals surface area contributed by atoms with E-state index in [1.54, 1.807) is 20.8 Å². The molecule has 1 N–H and O–H groups in total. The van der Waals surface area contributed by atoms with Crippen molar-refractivity contribution in [3.05, 3.63) is 77.2 Å². The van der Waals surface area contributed by atoms with E-state index in [1.165, 1.54) is 44.2 Å². The Morgan fingerprint density at radius 1 is 1.12 bits per heavy atom. The summed E-state index contributed by atoms with van der Waals surface area (Å²) in [5, 5.41) is 23.2. The van der Waals surface area contributed by atoms with Gasteiger partial charge in [0.05, 0.1) is 29.6 Å². The first kappa shape index (κ1) is 35.0. The highest BCUT2D eigenvalue weighted by Gasteiger charge is 2.44. The highest BCUT2D eigenvalue weighted by molar-refractivity contribution is 6.01. The number of fused-ring (bicyclic) bond motifs is 1. The molecule has 0 aliphatic carbocycles. The topological polar surface area (TPSA) is 139 Å². The van der Waals surface area contributed by atoms with Gasteiger partial charge < -0.3 is 19.4 Å². The monoisotopic (exact) mass is 685 g/mol. The van der Waals surface area contributed by atoms with E-state index >= 15 is 8.78 Å². The molecule has 2 unspecified atom stereocenters. The maximum Gasteiger partial charge on any atom is 0.435 e. The van der Waals surface area contributed by atoms with Gasteiger partial charge in [-0.25, -0.2) is 18.3 Å². The smallest absolute Gasteiger partial charge is 0.435 e. The molecule has 0 spiro atoms. The minimum absolute atomic E-state index is 0.0647. The van der Waals surface area contributed by atoms with Gasteiger partial charge in [-0.05, 0) is 77.4 Å². The molecule has 3 heterocycles. The van der Waals surface area contributed by atoms with Crippen molar-refractivity contribution in [2.24, 2.45) is 0 Å². The molecule has 5 rings (SSSR count). The van der Waals surface area contributed by atoms with Crippen molar-refractivity contribution in [3.8, 4) is 23.2 Å². The second-order valence-corrected chi connectivity index (χ2v) is 13.3. The SMILES string of the molecule is CC(C)(C)OC(=O)NC1CC(C)(F)c2cc(F)c(-c3nnc(C(C)(C)C#N)o3)cc2N(Cc2ccc(-n3ccc(C(F)(F)F)n3)cc2)C1=O. The maximum absolute atomic E-state index is 16.6. The molecule has 0 fully saturated rings. The number of carbonyl (C=O) groups excluding carboxylic acids is 2. The van der Waals surface area contributed by atoms with Gasteiger partial charge in [0.2, 0.25) is 11.8 Å². The number of nitrogens with one attached hydrogen (secondary N) is 1. The fourth-order valence-electron chi connectivity index (χ4n) is 5.17. The number of nitriles is 1. The molecule has 1 aliphatic heterocycles. The Morgan fingerprint density at radius 2 is 1.80 bits per heavy atom. The summed E-state index contributed by atoms with van der Waals surface area (Å²) in [7, 11) is 0. The lowest BCUT2D eigenvalue weighted by Gasteiger charge is -2.27. The molecule has 1 aliphatic rings. The first-order valence-electron chi connectivity index (χ1n) is 15.0. The summed E-state index contributed by atoms with van der Waals surface area (Å²) in [5.74, 6) is -2.11. The third-order valence-electron chi connectivity index (χ3n) is 7.67. The van der Waals surface area contributed by atoms with Crippen LogP contribution in [0.15, 0.2) is 53.1 Å². The molecule has 11 nitrogen and oxygen atoms in total. The van der Waals surface area contributed by atoms with Crippen LogP contribution in [0.25, 0.3) is 17.1 Å². The summed E-state index contributed by atoms with van der Waals surface area (Å²) in [6.45, 7) is 8.82. The van der Waals surface area contributed by atoms with E-state index in [-0.39, 0.29) is 35.1 Å². The molecule has 0 radical (unpaired) electrons. The average Bonchev–Trinajstić information content (AvgIpc) is 3.69. The van der Waals surface area contributed by atoms with Gasteiger partial charge in [-0.15, -0.1) is 10.2 Å². The number of carbonyl (C=O) groups is 2. The number of benzene rings is 2. The molecular weight excluding hydrogens is 653 g/mol. The molecule has 2 atom stereocenters. The molecule has 2 amide bonds. The zero-order valence-corrected chi connectivity index (χ0v) is 27.3. The van der Waals surface area contributed by atoms with Crippen molar-refractivity contribution in [2.75, 3.05) is 4.90 Å². The number of halogens is 5. The van der Waals surface area contributed by atoms with E-state index in [2.05, 4.69) is 20.6 Å². The molecule has 4 aromatic rings. The molecule has 16 heteroatoms. The number of nitrogens with zero attached hydrogens (tertiary/aromatic N) is 6. The van der Waals surface area contributed by atoms with Crippen LogP contribution in [0.3, 0.4) is 0 Å². The molecule has 2 aromatic carbocycles. The van der Waals surface area contributed by atoms with E-state index in [9.17, 15) is 28.0 Å². The number of hydrogen-bond acceptors (Lipinski definition) is 8. The minimum atomic E-state index is -4.63. The van der Waals surface area contributed by atoms with Gasteiger partial charge >= 0.3 is 12.3 Å². The third kappa shape index (κ3) is 7.40. The van der Waals surface area contributed by atoms with Gasteiger partial charge in [-0.3, -0.25) is 4.79 Å². The van der Waals surface area contributed by atoms with Crippen molar-refractivity contribution in [1.29, 1.82) is 5.26 Å². The Kier molecular flexibility index (Phi) is 8.77. The molecule has 2 aromatic heterocycles. The van der Waals surface area contributed by atoms with Crippen LogP contribution in [0.4, 0.5) is 32.4 Å². The predicted molar refractivity (Wildman–Crippen MR) is 164 cm³/mol. The van der Waals surface area contributed by atoms with Crippen LogP contribution in [0, 0.1) is 17.1 Å². The summed E-state index contributed by atoms with van der Waals surface area (Å²) in [6.07, 6.45) is -5.03.